The van der Waals surface area contributed by atoms with Crippen molar-refractivity contribution in [2.45, 2.75) is 24.9 Å². The molecule has 1 fully saturated rings. The Morgan fingerprint density at radius 3 is 2.75 bits per heavy atom. The minimum Gasteiger partial charge on any atom is -0.368 e. The number of nitrogens with two attached hydrogens (primary N) is 1. The van der Waals surface area contributed by atoms with Crippen molar-refractivity contribution in [3.63, 3.8) is 0 Å². The van der Waals surface area contributed by atoms with E-state index in [0.717, 1.165) is 24.9 Å². The molecule has 104 valence electrons. The second-order valence-corrected chi connectivity index (χ2v) is 5.95. The van der Waals surface area contributed by atoms with Crippen LogP contribution in [0, 0.1) is 0 Å². The van der Waals surface area contributed by atoms with Gasteiger partial charge in [0, 0.05) is 6.04 Å². The third kappa shape index (κ3) is 2.49. The fourth-order valence-corrected chi connectivity index (χ4v) is 3.78. The highest BCUT2D eigenvalue weighted by atomic mass is 32.1. The molecule has 1 aromatic heterocycles. The van der Waals surface area contributed by atoms with E-state index in [2.05, 4.69) is 21.7 Å². The van der Waals surface area contributed by atoms with E-state index in [1.165, 1.54) is 5.56 Å². The number of carbonyl (C=O) groups excluding carboxylic acids is 1. The molecule has 20 heavy (non-hydrogen) atoms. The summed E-state index contributed by atoms with van der Waals surface area (Å²) in [6.07, 6.45) is 2.20. The van der Waals surface area contributed by atoms with Gasteiger partial charge in [-0.3, -0.25) is 9.69 Å². The lowest BCUT2D eigenvalue weighted by atomic mass is 10.0. The van der Waals surface area contributed by atoms with Crippen molar-refractivity contribution in [3.8, 4) is 0 Å². The van der Waals surface area contributed by atoms with Crippen molar-refractivity contribution in [2.75, 3.05) is 6.54 Å². The smallest absolute Gasteiger partial charge is 0.239 e. The summed E-state index contributed by atoms with van der Waals surface area (Å²) < 4.78 is 0. The van der Waals surface area contributed by atoms with Gasteiger partial charge in [-0.2, -0.15) is 11.3 Å². The van der Waals surface area contributed by atoms with E-state index in [0.29, 0.717) is 6.04 Å². The number of hydrogen-bond acceptors (Lipinski definition) is 3. The van der Waals surface area contributed by atoms with Crippen molar-refractivity contribution in [1.29, 1.82) is 0 Å². The zero-order valence-electron chi connectivity index (χ0n) is 11.2. The van der Waals surface area contributed by atoms with Crippen LogP contribution in [0.2, 0.25) is 0 Å². The highest BCUT2D eigenvalue weighted by molar-refractivity contribution is 7.07. The average Bonchev–Trinajstić information content (AvgIpc) is 3.09. The van der Waals surface area contributed by atoms with Crippen LogP contribution in [0.5, 0.6) is 0 Å². The topological polar surface area (TPSA) is 46.3 Å². The third-order valence-electron chi connectivity index (χ3n) is 3.94. The van der Waals surface area contributed by atoms with Crippen LogP contribution >= 0.6 is 11.3 Å². The van der Waals surface area contributed by atoms with Crippen LogP contribution in [0.1, 0.15) is 36.1 Å². The largest absolute Gasteiger partial charge is 0.368 e. The molecule has 0 unspecified atom stereocenters. The number of primary amides is 1. The van der Waals surface area contributed by atoms with Gasteiger partial charge in [0.15, 0.2) is 0 Å². The zero-order valence-corrected chi connectivity index (χ0v) is 12.1. The predicted molar refractivity (Wildman–Crippen MR) is 81.4 cm³/mol. The predicted octanol–water partition coefficient (Wildman–Crippen LogP) is 3.11. The molecule has 1 aliphatic rings. The molecule has 4 heteroatoms. The Kier molecular flexibility index (Phi) is 3.85. The molecule has 0 spiro atoms. The molecule has 0 aliphatic carbocycles. The monoisotopic (exact) mass is 286 g/mol. The summed E-state index contributed by atoms with van der Waals surface area (Å²) in [5, 5.41) is 4.26. The Labute approximate surface area is 123 Å². The molecule has 2 atom stereocenters. The summed E-state index contributed by atoms with van der Waals surface area (Å²) in [7, 11) is 0. The van der Waals surface area contributed by atoms with Gasteiger partial charge in [0.05, 0.1) is 0 Å². The highest BCUT2D eigenvalue weighted by Crippen LogP contribution is 2.39. The van der Waals surface area contributed by atoms with Crippen molar-refractivity contribution in [1.82, 2.24) is 4.90 Å². The average molecular weight is 286 g/mol. The maximum atomic E-state index is 12.0. The summed E-state index contributed by atoms with van der Waals surface area (Å²) >= 11 is 1.70. The summed E-state index contributed by atoms with van der Waals surface area (Å²) in [6, 6.07) is 12.0. The van der Waals surface area contributed by atoms with E-state index in [-0.39, 0.29) is 11.9 Å². The van der Waals surface area contributed by atoms with Crippen molar-refractivity contribution < 1.29 is 4.79 Å². The maximum Gasteiger partial charge on any atom is 0.239 e. The fourth-order valence-electron chi connectivity index (χ4n) is 3.08. The van der Waals surface area contributed by atoms with Gasteiger partial charge in [0.25, 0.3) is 0 Å². The van der Waals surface area contributed by atoms with Gasteiger partial charge in [0.2, 0.25) is 5.91 Å². The van der Waals surface area contributed by atoms with E-state index < -0.39 is 0 Å². The SMILES string of the molecule is NC(=O)[C@@H](c1ccccc1)N1CCC[C@@H]1c1ccsc1. The standard InChI is InChI=1S/C16H18N2OS/c17-16(19)15(12-5-2-1-3-6-12)18-9-4-7-14(18)13-8-10-20-11-13/h1-3,5-6,8,10-11,14-15H,4,7,9H2,(H2,17,19)/t14-,15-/m1/s1. The second-order valence-electron chi connectivity index (χ2n) is 5.17. The van der Waals surface area contributed by atoms with Gasteiger partial charge in [-0.25, -0.2) is 0 Å². The van der Waals surface area contributed by atoms with E-state index in [1.807, 2.05) is 30.3 Å². The molecule has 3 nitrogen and oxygen atoms in total. The first-order chi connectivity index (χ1) is 9.77. The molecule has 1 aliphatic heterocycles. The van der Waals surface area contributed by atoms with Crippen LogP contribution in [0.25, 0.3) is 0 Å². The third-order valence-corrected chi connectivity index (χ3v) is 4.64. The molecule has 0 radical (unpaired) electrons. The molecule has 3 rings (SSSR count). The lowest BCUT2D eigenvalue weighted by Gasteiger charge is -2.31. The number of carbonyl (C=O) groups is 1. The van der Waals surface area contributed by atoms with Gasteiger partial charge < -0.3 is 5.73 Å². The summed E-state index contributed by atoms with van der Waals surface area (Å²) in [4.78, 5) is 14.2. The number of benzene rings is 1. The molecule has 2 heterocycles. The number of amides is 1. The molecule has 2 aromatic rings. The Balaban J connectivity index is 1.93. The van der Waals surface area contributed by atoms with E-state index in [4.69, 9.17) is 5.73 Å². The van der Waals surface area contributed by atoms with Gasteiger partial charge >= 0.3 is 0 Å². The number of hydrogen-bond donors (Lipinski definition) is 1. The van der Waals surface area contributed by atoms with Gasteiger partial charge in [-0.1, -0.05) is 30.3 Å². The molecular weight excluding hydrogens is 268 g/mol. The molecule has 2 N–H and O–H groups in total. The van der Waals surface area contributed by atoms with Gasteiger partial charge in [0.1, 0.15) is 6.04 Å². The molecular formula is C16H18N2OS. The summed E-state index contributed by atoms with van der Waals surface area (Å²) in [5.41, 5.74) is 7.97. The van der Waals surface area contributed by atoms with E-state index >= 15 is 0 Å². The molecule has 1 aromatic carbocycles. The molecule has 0 bridgehead atoms. The Morgan fingerprint density at radius 1 is 1.30 bits per heavy atom. The van der Waals surface area contributed by atoms with Gasteiger partial charge in [-0.15, -0.1) is 0 Å². The first-order valence-electron chi connectivity index (χ1n) is 6.89. The van der Waals surface area contributed by atoms with Crippen LogP contribution < -0.4 is 5.73 Å². The first-order valence-corrected chi connectivity index (χ1v) is 7.84. The summed E-state index contributed by atoms with van der Waals surface area (Å²) in [6.45, 7) is 0.920. The van der Waals surface area contributed by atoms with E-state index in [9.17, 15) is 4.79 Å². The number of likely N-dealkylation sites (tertiary alicyclic amines) is 1. The molecule has 1 amide bonds. The Bertz CT molecular complexity index is 567. The zero-order chi connectivity index (χ0) is 13.9. The van der Waals surface area contributed by atoms with Crippen LogP contribution in [-0.2, 0) is 4.79 Å². The normalized spacial score (nSPS) is 20.9. The quantitative estimate of drug-likeness (QED) is 0.938. The number of thiophene rings is 1. The second kappa shape index (κ2) is 5.77. The lowest BCUT2D eigenvalue weighted by molar-refractivity contribution is -0.123. The van der Waals surface area contributed by atoms with Crippen LogP contribution in [0.15, 0.2) is 47.2 Å². The number of rotatable bonds is 4. The van der Waals surface area contributed by atoms with Crippen molar-refractivity contribution in [3.05, 3.63) is 58.3 Å². The first kappa shape index (κ1) is 13.3. The van der Waals surface area contributed by atoms with E-state index in [1.54, 1.807) is 11.3 Å². The lowest BCUT2D eigenvalue weighted by Crippen LogP contribution is -2.37. The van der Waals surface area contributed by atoms with Crippen molar-refractivity contribution >= 4 is 17.2 Å². The molecule has 0 saturated carbocycles. The van der Waals surface area contributed by atoms with Crippen LogP contribution in [-0.4, -0.2) is 17.4 Å². The van der Waals surface area contributed by atoms with Crippen LogP contribution in [0.3, 0.4) is 0 Å². The van der Waals surface area contributed by atoms with Crippen LogP contribution in [0.4, 0.5) is 0 Å². The minimum atomic E-state index is -0.330. The van der Waals surface area contributed by atoms with Gasteiger partial charge in [-0.05, 0) is 47.3 Å². The Hall–Kier alpha value is -1.65. The number of nitrogens with zero attached hydrogens (tertiary/aromatic N) is 1. The summed E-state index contributed by atoms with van der Waals surface area (Å²) in [5.74, 6) is -0.265. The molecule has 1 saturated heterocycles. The highest BCUT2D eigenvalue weighted by Gasteiger charge is 2.35. The van der Waals surface area contributed by atoms with Crippen molar-refractivity contribution in [2.24, 2.45) is 5.73 Å². The Morgan fingerprint density at radius 2 is 2.10 bits per heavy atom. The minimum absolute atomic E-state index is 0.265. The maximum absolute atomic E-state index is 12.0. The fraction of sp³-hybridized carbons (Fsp3) is 0.312.